The van der Waals surface area contributed by atoms with Gasteiger partial charge in [0.15, 0.2) is 0 Å². The van der Waals surface area contributed by atoms with Crippen molar-refractivity contribution in [2.75, 3.05) is 0 Å². The summed E-state index contributed by atoms with van der Waals surface area (Å²) >= 11 is 3.27. The molecular weight excluding hydrogens is 285 g/mol. The fraction of sp³-hybridized carbons (Fsp3) is 0.462. The predicted octanol–water partition coefficient (Wildman–Crippen LogP) is 3.60. The molecule has 2 nitrogen and oxygen atoms in total. The molecule has 1 saturated carbocycles. The van der Waals surface area contributed by atoms with Crippen molar-refractivity contribution in [3.05, 3.63) is 34.1 Å². The highest BCUT2D eigenvalue weighted by Crippen LogP contribution is 2.31. The average Bonchev–Trinajstić information content (AvgIpc) is 3.05. The second-order valence-electron chi connectivity index (χ2n) is 4.66. The maximum atomic E-state index is 13.7. The molecule has 4 heteroatoms. The lowest BCUT2D eigenvalue weighted by molar-refractivity contribution is 0.0685. The number of carbonyl (C=O) groups excluding carboxylic acids is 1. The largest absolute Gasteiger partial charge is 0.333 e. The summed E-state index contributed by atoms with van der Waals surface area (Å²) in [6.07, 6.45) is 2.05. The summed E-state index contributed by atoms with van der Waals surface area (Å²) in [4.78, 5) is 14.1. The number of amides is 1. The lowest BCUT2D eigenvalue weighted by Crippen LogP contribution is -2.39. The highest BCUT2D eigenvalue weighted by Gasteiger charge is 2.35. The molecule has 17 heavy (non-hydrogen) atoms. The van der Waals surface area contributed by atoms with Crippen LogP contribution in [0.15, 0.2) is 22.7 Å². The van der Waals surface area contributed by atoms with Crippen molar-refractivity contribution in [3.63, 3.8) is 0 Å². The minimum atomic E-state index is -0.454. The molecule has 2 rings (SSSR count). The van der Waals surface area contributed by atoms with Crippen LogP contribution in [-0.4, -0.2) is 22.9 Å². The van der Waals surface area contributed by atoms with E-state index in [2.05, 4.69) is 15.9 Å². The van der Waals surface area contributed by atoms with Crippen molar-refractivity contribution in [3.8, 4) is 0 Å². The monoisotopic (exact) mass is 299 g/mol. The van der Waals surface area contributed by atoms with Crippen LogP contribution in [0.1, 0.15) is 37.0 Å². The molecule has 0 radical (unpaired) electrons. The van der Waals surface area contributed by atoms with Gasteiger partial charge in [-0.25, -0.2) is 4.39 Å². The third-order valence-corrected chi connectivity index (χ3v) is 3.38. The highest BCUT2D eigenvalue weighted by molar-refractivity contribution is 9.10. The number of rotatable bonds is 3. The first kappa shape index (κ1) is 12.6. The Morgan fingerprint density at radius 1 is 1.47 bits per heavy atom. The van der Waals surface area contributed by atoms with Crippen LogP contribution in [0.2, 0.25) is 0 Å². The fourth-order valence-corrected chi connectivity index (χ4v) is 2.34. The Morgan fingerprint density at radius 2 is 2.12 bits per heavy atom. The van der Waals surface area contributed by atoms with Crippen LogP contribution in [0, 0.1) is 5.82 Å². The van der Waals surface area contributed by atoms with E-state index in [4.69, 9.17) is 0 Å². The molecule has 0 N–H and O–H groups in total. The molecule has 92 valence electrons. The number of hydrogen-bond donors (Lipinski definition) is 0. The van der Waals surface area contributed by atoms with Gasteiger partial charge in [-0.05, 0) is 44.9 Å². The molecule has 0 unspecified atom stereocenters. The van der Waals surface area contributed by atoms with Gasteiger partial charge in [0.25, 0.3) is 5.91 Å². The third kappa shape index (κ3) is 2.68. The molecular formula is C13H15BrFNO. The quantitative estimate of drug-likeness (QED) is 0.835. The summed E-state index contributed by atoms with van der Waals surface area (Å²) < 4.78 is 14.4. The number of carbonyl (C=O) groups is 1. The zero-order chi connectivity index (χ0) is 12.6. The molecule has 1 aliphatic rings. The Labute approximate surface area is 109 Å². The molecule has 0 saturated heterocycles. The Bertz CT molecular complexity index is 441. The average molecular weight is 300 g/mol. The van der Waals surface area contributed by atoms with Gasteiger partial charge in [-0.15, -0.1) is 0 Å². The molecule has 1 amide bonds. The lowest BCUT2D eigenvalue weighted by Gasteiger charge is -2.27. The van der Waals surface area contributed by atoms with Gasteiger partial charge in [0.05, 0.1) is 5.56 Å². The molecule has 1 fully saturated rings. The molecule has 0 aliphatic heterocycles. The van der Waals surface area contributed by atoms with E-state index < -0.39 is 5.82 Å². The highest BCUT2D eigenvalue weighted by atomic mass is 79.9. The predicted molar refractivity (Wildman–Crippen MR) is 68.4 cm³/mol. The van der Waals surface area contributed by atoms with Crippen LogP contribution in [-0.2, 0) is 0 Å². The first-order chi connectivity index (χ1) is 8.00. The molecule has 0 aromatic heterocycles. The topological polar surface area (TPSA) is 20.3 Å². The number of hydrogen-bond acceptors (Lipinski definition) is 1. The van der Waals surface area contributed by atoms with Crippen LogP contribution >= 0.6 is 15.9 Å². The third-order valence-electron chi connectivity index (χ3n) is 2.89. The van der Waals surface area contributed by atoms with E-state index in [0.717, 1.165) is 17.3 Å². The Morgan fingerprint density at radius 3 is 2.65 bits per heavy atom. The summed E-state index contributed by atoms with van der Waals surface area (Å²) in [5.74, 6) is -0.661. The van der Waals surface area contributed by atoms with Crippen molar-refractivity contribution < 1.29 is 9.18 Å². The second-order valence-corrected chi connectivity index (χ2v) is 5.58. The van der Waals surface area contributed by atoms with Crippen molar-refractivity contribution in [1.82, 2.24) is 4.90 Å². The van der Waals surface area contributed by atoms with Crippen LogP contribution in [0.3, 0.4) is 0 Å². The standard InChI is InChI=1S/C13H15BrFNO/c1-8(2)16(10-4-5-10)13(17)11-7-9(14)3-6-12(11)15/h3,6-8,10H,4-5H2,1-2H3. The maximum Gasteiger partial charge on any atom is 0.257 e. The van der Waals surface area contributed by atoms with Gasteiger partial charge in [-0.3, -0.25) is 4.79 Å². The van der Waals surface area contributed by atoms with Crippen LogP contribution in [0.5, 0.6) is 0 Å². The first-order valence-electron chi connectivity index (χ1n) is 5.78. The Hall–Kier alpha value is -0.900. The number of halogens is 2. The number of benzene rings is 1. The van der Waals surface area contributed by atoms with E-state index in [1.165, 1.54) is 6.07 Å². The zero-order valence-corrected chi connectivity index (χ0v) is 11.5. The van der Waals surface area contributed by atoms with Crippen LogP contribution in [0.25, 0.3) is 0 Å². The first-order valence-corrected chi connectivity index (χ1v) is 6.57. The summed E-state index contributed by atoms with van der Waals surface area (Å²) in [7, 11) is 0. The van der Waals surface area contributed by atoms with Crippen molar-refractivity contribution >= 4 is 21.8 Å². The summed E-state index contributed by atoms with van der Waals surface area (Å²) in [5, 5.41) is 0. The van der Waals surface area contributed by atoms with Crippen molar-refractivity contribution in [2.24, 2.45) is 0 Å². The van der Waals surface area contributed by atoms with E-state index in [1.54, 1.807) is 17.0 Å². The van der Waals surface area contributed by atoms with E-state index in [-0.39, 0.29) is 17.5 Å². The minimum absolute atomic E-state index is 0.105. The molecule has 0 atom stereocenters. The second kappa shape index (κ2) is 4.77. The van der Waals surface area contributed by atoms with Gasteiger partial charge in [0, 0.05) is 16.6 Å². The number of nitrogens with zero attached hydrogens (tertiary/aromatic N) is 1. The maximum absolute atomic E-state index is 13.7. The molecule has 0 heterocycles. The van der Waals surface area contributed by atoms with Crippen molar-refractivity contribution in [1.29, 1.82) is 0 Å². The van der Waals surface area contributed by atoms with Gasteiger partial charge in [0.1, 0.15) is 5.82 Å². The van der Waals surface area contributed by atoms with Crippen molar-refractivity contribution in [2.45, 2.75) is 38.8 Å². The van der Waals surface area contributed by atoms with E-state index in [9.17, 15) is 9.18 Å². The van der Waals surface area contributed by atoms with Gasteiger partial charge in [-0.1, -0.05) is 15.9 Å². The zero-order valence-electron chi connectivity index (χ0n) is 9.91. The van der Waals surface area contributed by atoms with Gasteiger partial charge in [0.2, 0.25) is 0 Å². The van der Waals surface area contributed by atoms with E-state index in [0.29, 0.717) is 6.04 Å². The van der Waals surface area contributed by atoms with Gasteiger partial charge >= 0.3 is 0 Å². The normalized spacial score (nSPS) is 15.1. The summed E-state index contributed by atoms with van der Waals surface area (Å²) in [6, 6.07) is 4.87. The van der Waals surface area contributed by atoms with E-state index in [1.807, 2.05) is 13.8 Å². The van der Waals surface area contributed by atoms with Gasteiger partial charge in [-0.2, -0.15) is 0 Å². The summed E-state index contributed by atoms with van der Waals surface area (Å²) in [6.45, 7) is 3.93. The smallest absolute Gasteiger partial charge is 0.257 e. The SMILES string of the molecule is CC(C)N(C(=O)c1cc(Br)ccc1F)C1CC1. The molecule has 1 aliphatic carbocycles. The van der Waals surface area contributed by atoms with Gasteiger partial charge < -0.3 is 4.90 Å². The summed E-state index contributed by atoms with van der Waals surface area (Å²) in [5.41, 5.74) is 0.153. The molecule has 1 aromatic carbocycles. The molecule has 0 spiro atoms. The molecule has 1 aromatic rings. The van der Waals surface area contributed by atoms with Crippen LogP contribution < -0.4 is 0 Å². The lowest BCUT2D eigenvalue weighted by atomic mass is 10.1. The minimum Gasteiger partial charge on any atom is -0.333 e. The fourth-order valence-electron chi connectivity index (χ4n) is 1.98. The van der Waals surface area contributed by atoms with Crippen LogP contribution in [0.4, 0.5) is 4.39 Å². The Balaban J connectivity index is 2.31. The Kier molecular flexibility index (Phi) is 3.52. The van der Waals surface area contributed by atoms with E-state index >= 15 is 0 Å². The molecule has 0 bridgehead atoms.